The Morgan fingerprint density at radius 1 is 1.17 bits per heavy atom. The summed E-state index contributed by atoms with van der Waals surface area (Å²) in [7, 11) is 0. The minimum atomic E-state index is -2.48. The van der Waals surface area contributed by atoms with Gasteiger partial charge in [-0.2, -0.15) is 0 Å². The molecule has 7 heteroatoms. The summed E-state index contributed by atoms with van der Waals surface area (Å²) < 4.78 is 20.6. The van der Waals surface area contributed by atoms with Crippen molar-refractivity contribution < 1.29 is 29.2 Å². The van der Waals surface area contributed by atoms with E-state index in [1.807, 2.05) is 20.8 Å². The summed E-state index contributed by atoms with van der Waals surface area (Å²) in [4.78, 5) is 13.2. The van der Waals surface area contributed by atoms with Gasteiger partial charge in [0.05, 0.1) is 11.2 Å². The molecule has 0 amide bonds. The zero-order chi connectivity index (χ0) is 22.5. The molecule has 164 valence electrons. The van der Waals surface area contributed by atoms with Gasteiger partial charge < -0.3 is 20.1 Å². The molecule has 0 aliphatic heterocycles. The normalized spacial score (nSPS) is 32.0. The van der Waals surface area contributed by atoms with Gasteiger partial charge in [-0.05, 0) is 63.3 Å². The summed E-state index contributed by atoms with van der Waals surface area (Å²) in [6, 6.07) is 5.36. The van der Waals surface area contributed by atoms with E-state index in [2.05, 4.69) is 0 Å². The maximum Gasteiger partial charge on any atom is 0.419 e. The van der Waals surface area contributed by atoms with E-state index in [1.54, 1.807) is 20.8 Å². The Kier molecular flexibility index (Phi) is 4.14. The Morgan fingerprint density at radius 2 is 1.80 bits per heavy atom. The number of nitrogens with zero attached hydrogens (tertiary/aromatic N) is 1. The smallest absolute Gasteiger partial charge is 0.419 e. The van der Waals surface area contributed by atoms with Crippen LogP contribution in [0.2, 0.25) is 0 Å². The second kappa shape index (κ2) is 5.84. The van der Waals surface area contributed by atoms with Crippen molar-refractivity contribution in [3.8, 4) is 0 Å². The lowest BCUT2D eigenvalue weighted by Gasteiger charge is -2.48. The first-order valence-corrected chi connectivity index (χ1v) is 10.3. The molecule has 3 unspecified atom stereocenters. The second-order valence-corrected chi connectivity index (χ2v) is 10.6. The van der Waals surface area contributed by atoms with Gasteiger partial charge in [0, 0.05) is 16.7 Å². The van der Waals surface area contributed by atoms with Crippen molar-refractivity contribution in [1.29, 1.82) is 0 Å². The van der Waals surface area contributed by atoms with Gasteiger partial charge in [-0.3, -0.25) is 0 Å². The van der Waals surface area contributed by atoms with Crippen LogP contribution in [-0.2, 0) is 10.3 Å². The van der Waals surface area contributed by atoms with Gasteiger partial charge >= 0.3 is 6.09 Å². The van der Waals surface area contributed by atoms with Gasteiger partial charge in [0.1, 0.15) is 11.4 Å². The predicted molar refractivity (Wildman–Crippen MR) is 109 cm³/mol. The quantitative estimate of drug-likeness (QED) is 0.610. The zero-order valence-corrected chi connectivity index (χ0v) is 18.3. The minimum absolute atomic E-state index is 0.000116. The fraction of sp³-hybridized carbons (Fsp3) is 0.609. The molecule has 2 aliphatic rings. The number of carbonyl (C=O) groups excluding carboxylic acids is 1. The Morgan fingerprint density at radius 3 is 2.33 bits per heavy atom. The summed E-state index contributed by atoms with van der Waals surface area (Å²) in [5, 5.41) is 34.9. The molecule has 2 aromatic rings. The van der Waals surface area contributed by atoms with Gasteiger partial charge in [-0.15, -0.1) is 0 Å². The number of hydrogen-bond acceptors (Lipinski definition) is 5. The molecule has 4 rings (SSSR count). The van der Waals surface area contributed by atoms with Crippen molar-refractivity contribution >= 4 is 17.0 Å². The molecule has 2 saturated carbocycles. The van der Waals surface area contributed by atoms with E-state index >= 15 is 0 Å². The number of aliphatic hydroxyl groups is 3. The first kappa shape index (κ1) is 21.3. The minimum Gasteiger partial charge on any atom is -0.443 e. The molecule has 1 aromatic heterocycles. The van der Waals surface area contributed by atoms with E-state index in [1.165, 1.54) is 24.3 Å². The van der Waals surface area contributed by atoms with Crippen LogP contribution < -0.4 is 0 Å². The molecule has 1 aromatic carbocycles. The monoisotopic (exact) mass is 419 g/mol. The van der Waals surface area contributed by atoms with Gasteiger partial charge in [0.2, 0.25) is 5.79 Å². The van der Waals surface area contributed by atoms with Crippen LogP contribution in [-0.4, -0.2) is 37.4 Å². The van der Waals surface area contributed by atoms with E-state index in [0.29, 0.717) is 23.7 Å². The average Bonchev–Trinajstić information content (AvgIpc) is 3.10. The van der Waals surface area contributed by atoms with Crippen LogP contribution in [0.15, 0.2) is 24.3 Å². The molecule has 2 bridgehead atoms. The van der Waals surface area contributed by atoms with E-state index in [9.17, 15) is 24.5 Å². The van der Waals surface area contributed by atoms with Gasteiger partial charge in [-0.1, -0.05) is 20.8 Å². The molecule has 0 saturated heterocycles. The van der Waals surface area contributed by atoms with Crippen molar-refractivity contribution in [1.82, 2.24) is 4.57 Å². The number of benzene rings is 1. The fourth-order valence-corrected chi connectivity index (χ4v) is 5.94. The standard InChI is InChI=1S/C23H30FNO5/c1-19(2,3)30-18(26)25-15-8-7-14(24)11-13(15)12-17(25)22(27)21(6)10-9-16(20(21,4)5)23(22,28)29/h7-8,11-12,16,27-29H,9-10H2,1-6H3. The zero-order valence-electron chi connectivity index (χ0n) is 18.3. The SMILES string of the molecule is CC(C)(C)OC(=O)n1c(C2(O)C(O)(O)C3CCC2(C)C3(C)C)cc2cc(F)ccc21. The predicted octanol–water partition coefficient (Wildman–Crippen LogP) is 3.89. The topological polar surface area (TPSA) is 91.9 Å². The highest BCUT2D eigenvalue weighted by molar-refractivity contribution is 5.91. The van der Waals surface area contributed by atoms with E-state index in [0.717, 1.165) is 4.57 Å². The van der Waals surface area contributed by atoms with Crippen LogP contribution in [0.25, 0.3) is 10.9 Å². The summed E-state index contributed by atoms with van der Waals surface area (Å²) in [5.41, 5.74) is -4.22. The van der Waals surface area contributed by atoms with Crippen molar-refractivity contribution in [2.24, 2.45) is 16.7 Å². The first-order valence-electron chi connectivity index (χ1n) is 10.3. The Balaban J connectivity index is 2.04. The molecule has 3 N–H and O–H groups in total. The summed E-state index contributed by atoms with van der Waals surface area (Å²) in [6.45, 7) is 10.8. The van der Waals surface area contributed by atoms with E-state index in [4.69, 9.17) is 4.74 Å². The maximum atomic E-state index is 13.9. The number of aromatic nitrogens is 1. The summed E-state index contributed by atoms with van der Waals surface area (Å²) in [5.74, 6) is -3.57. The van der Waals surface area contributed by atoms with E-state index < -0.39 is 45.6 Å². The highest BCUT2D eigenvalue weighted by Crippen LogP contribution is 2.75. The third-order valence-electron chi connectivity index (χ3n) is 7.75. The van der Waals surface area contributed by atoms with Gasteiger partial charge in [0.15, 0.2) is 5.60 Å². The van der Waals surface area contributed by atoms with Crippen LogP contribution >= 0.6 is 0 Å². The summed E-state index contributed by atoms with van der Waals surface area (Å²) in [6.07, 6.45) is 0.321. The number of carbonyl (C=O) groups is 1. The third-order valence-corrected chi connectivity index (χ3v) is 7.75. The fourth-order valence-electron chi connectivity index (χ4n) is 5.94. The van der Waals surface area contributed by atoms with Crippen molar-refractivity contribution in [2.75, 3.05) is 0 Å². The average molecular weight is 419 g/mol. The molecule has 1 heterocycles. The highest BCUT2D eigenvalue weighted by atomic mass is 19.1. The number of ether oxygens (including phenoxy) is 1. The molecule has 2 aliphatic carbocycles. The van der Waals surface area contributed by atoms with Crippen LogP contribution in [0, 0.1) is 22.6 Å². The Bertz CT molecular complexity index is 1050. The molecular weight excluding hydrogens is 389 g/mol. The molecule has 30 heavy (non-hydrogen) atoms. The highest BCUT2D eigenvalue weighted by Gasteiger charge is 2.81. The largest absolute Gasteiger partial charge is 0.443 e. The van der Waals surface area contributed by atoms with Gasteiger partial charge in [-0.25, -0.2) is 13.8 Å². The van der Waals surface area contributed by atoms with Crippen LogP contribution in [0.5, 0.6) is 0 Å². The van der Waals surface area contributed by atoms with Crippen molar-refractivity contribution in [3.63, 3.8) is 0 Å². The lowest BCUT2D eigenvalue weighted by Crippen LogP contribution is -2.60. The molecule has 3 atom stereocenters. The molecule has 0 spiro atoms. The Labute approximate surface area is 175 Å². The van der Waals surface area contributed by atoms with E-state index in [-0.39, 0.29) is 5.69 Å². The lowest BCUT2D eigenvalue weighted by molar-refractivity contribution is -0.318. The Hall–Kier alpha value is -1.96. The number of rotatable bonds is 1. The lowest BCUT2D eigenvalue weighted by atomic mass is 9.62. The second-order valence-electron chi connectivity index (χ2n) is 10.6. The van der Waals surface area contributed by atoms with Gasteiger partial charge in [0.25, 0.3) is 0 Å². The van der Waals surface area contributed by atoms with Crippen molar-refractivity contribution in [2.45, 2.75) is 71.4 Å². The van der Waals surface area contributed by atoms with Crippen LogP contribution in [0.4, 0.5) is 9.18 Å². The number of fused-ring (bicyclic) bond motifs is 3. The first-order chi connectivity index (χ1) is 13.6. The molecule has 2 fully saturated rings. The molecular formula is C23H30FNO5. The maximum absolute atomic E-state index is 13.9. The third kappa shape index (κ3) is 2.37. The summed E-state index contributed by atoms with van der Waals surface area (Å²) >= 11 is 0. The number of halogens is 1. The van der Waals surface area contributed by atoms with Crippen LogP contribution in [0.3, 0.4) is 0 Å². The van der Waals surface area contributed by atoms with Crippen molar-refractivity contribution in [3.05, 3.63) is 35.8 Å². The van der Waals surface area contributed by atoms with Crippen LogP contribution in [0.1, 0.15) is 60.1 Å². The molecule has 0 radical (unpaired) electrons. The molecule has 6 nitrogen and oxygen atoms in total. The number of hydrogen-bond donors (Lipinski definition) is 3.